The molecule has 3 aromatic rings. The van der Waals surface area contributed by atoms with E-state index < -0.39 is 0 Å². The Hall–Kier alpha value is -2.46. The third kappa shape index (κ3) is 4.77. The molecule has 0 spiro atoms. The molecule has 3 aromatic carbocycles. The number of aromatic hydroxyl groups is 1. The molecule has 0 aromatic heterocycles. The van der Waals surface area contributed by atoms with Crippen molar-refractivity contribution in [3.63, 3.8) is 0 Å². The number of alkyl halides is 1. The molecule has 0 saturated heterocycles. The van der Waals surface area contributed by atoms with E-state index in [1.165, 1.54) is 0 Å². The van der Waals surface area contributed by atoms with E-state index in [-0.39, 0.29) is 5.75 Å². The van der Waals surface area contributed by atoms with Crippen molar-refractivity contribution in [2.75, 3.05) is 0 Å². The minimum absolute atomic E-state index is 0.187. The lowest BCUT2D eigenvalue weighted by atomic mass is 10.2. The molecule has 4 heteroatoms. The number of benzene rings is 3. The molecule has 0 aliphatic heterocycles. The van der Waals surface area contributed by atoms with Gasteiger partial charge in [-0.2, -0.15) is 0 Å². The Morgan fingerprint density at radius 1 is 0.720 bits per heavy atom. The first kappa shape index (κ1) is 17.4. The molecule has 0 radical (unpaired) electrons. The second-order valence-electron chi connectivity index (χ2n) is 5.61. The second-order valence-corrected chi connectivity index (χ2v) is 6.17. The highest BCUT2D eigenvalue weighted by atomic mass is 79.9. The third-order valence-electron chi connectivity index (χ3n) is 3.76. The molecule has 3 nitrogen and oxygen atoms in total. The van der Waals surface area contributed by atoms with Crippen LogP contribution in [0.3, 0.4) is 0 Å². The van der Waals surface area contributed by atoms with Crippen LogP contribution in [0.4, 0.5) is 0 Å². The van der Waals surface area contributed by atoms with Crippen LogP contribution in [0.15, 0.2) is 72.8 Å². The topological polar surface area (TPSA) is 38.7 Å². The quantitative estimate of drug-likeness (QED) is 0.538. The summed E-state index contributed by atoms with van der Waals surface area (Å²) in [5, 5.41) is 10.7. The lowest BCUT2D eigenvalue weighted by Gasteiger charge is -2.15. The van der Waals surface area contributed by atoms with Crippen LogP contribution in [0.25, 0.3) is 0 Å². The minimum atomic E-state index is 0.187. The second kappa shape index (κ2) is 8.58. The van der Waals surface area contributed by atoms with Crippen LogP contribution in [0.1, 0.15) is 16.7 Å². The van der Waals surface area contributed by atoms with Gasteiger partial charge < -0.3 is 14.6 Å². The van der Waals surface area contributed by atoms with Crippen LogP contribution in [-0.2, 0) is 18.5 Å². The average Bonchev–Trinajstić information content (AvgIpc) is 2.67. The predicted octanol–water partition coefficient (Wildman–Crippen LogP) is 5.45. The number of hydrogen-bond acceptors (Lipinski definition) is 3. The lowest BCUT2D eigenvalue weighted by molar-refractivity contribution is 0.254. The fraction of sp³-hybridized carbons (Fsp3) is 0.143. The van der Waals surface area contributed by atoms with E-state index in [4.69, 9.17) is 9.47 Å². The molecular formula is C21H19BrO3. The van der Waals surface area contributed by atoms with Crippen molar-refractivity contribution in [2.24, 2.45) is 0 Å². The summed E-state index contributed by atoms with van der Waals surface area (Å²) in [4.78, 5) is 0. The average molecular weight is 399 g/mol. The molecule has 0 atom stereocenters. The molecule has 0 aliphatic rings. The van der Waals surface area contributed by atoms with Gasteiger partial charge in [0, 0.05) is 17.0 Å². The fourth-order valence-electron chi connectivity index (χ4n) is 2.39. The SMILES string of the molecule is Oc1cc(OCc2ccccc2)c(OCc2ccccc2)cc1CBr. The number of phenolic OH excluding ortho intramolecular Hbond substituents is 1. The number of ether oxygens (including phenoxy) is 2. The van der Waals surface area contributed by atoms with Gasteiger partial charge in [0.05, 0.1) is 0 Å². The standard InChI is InChI=1S/C21H19BrO3/c22-13-18-11-20(24-14-16-7-3-1-4-8-16)21(12-19(18)23)25-15-17-9-5-2-6-10-17/h1-12,23H,13-15H2. The van der Waals surface area contributed by atoms with Gasteiger partial charge in [-0.05, 0) is 17.2 Å². The molecule has 3 rings (SSSR count). The van der Waals surface area contributed by atoms with E-state index >= 15 is 0 Å². The first-order valence-electron chi connectivity index (χ1n) is 8.01. The molecular weight excluding hydrogens is 380 g/mol. The normalized spacial score (nSPS) is 10.4. The Kier molecular flexibility index (Phi) is 5.96. The Morgan fingerprint density at radius 3 is 1.68 bits per heavy atom. The zero-order chi connectivity index (χ0) is 17.5. The maximum absolute atomic E-state index is 10.1. The first-order valence-corrected chi connectivity index (χ1v) is 9.13. The van der Waals surface area contributed by atoms with Gasteiger partial charge in [0.1, 0.15) is 19.0 Å². The summed E-state index contributed by atoms with van der Waals surface area (Å²) in [6.45, 7) is 0.852. The van der Waals surface area contributed by atoms with E-state index in [2.05, 4.69) is 15.9 Å². The zero-order valence-electron chi connectivity index (χ0n) is 13.7. The van der Waals surface area contributed by atoms with Gasteiger partial charge in [-0.25, -0.2) is 0 Å². The molecule has 1 N–H and O–H groups in total. The molecule has 0 fully saturated rings. The van der Waals surface area contributed by atoms with E-state index in [9.17, 15) is 5.11 Å². The summed E-state index contributed by atoms with van der Waals surface area (Å²) in [6, 6.07) is 23.3. The Bertz CT molecular complexity index is 804. The maximum atomic E-state index is 10.1. The van der Waals surface area contributed by atoms with E-state index in [0.29, 0.717) is 30.0 Å². The number of phenols is 1. The number of rotatable bonds is 7. The molecule has 0 saturated carbocycles. The van der Waals surface area contributed by atoms with Gasteiger partial charge in [-0.1, -0.05) is 76.6 Å². The maximum Gasteiger partial charge on any atom is 0.165 e. The molecule has 0 unspecified atom stereocenters. The monoisotopic (exact) mass is 398 g/mol. The zero-order valence-corrected chi connectivity index (χ0v) is 15.3. The Morgan fingerprint density at radius 2 is 1.20 bits per heavy atom. The van der Waals surface area contributed by atoms with E-state index in [1.54, 1.807) is 6.07 Å². The van der Waals surface area contributed by atoms with Gasteiger partial charge in [-0.15, -0.1) is 0 Å². The van der Waals surface area contributed by atoms with Gasteiger partial charge in [0.2, 0.25) is 0 Å². The largest absolute Gasteiger partial charge is 0.507 e. The van der Waals surface area contributed by atoms with Crippen molar-refractivity contribution >= 4 is 15.9 Å². The Labute approximate surface area is 156 Å². The van der Waals surface area contributed by atoms with E-state index in [1.807, 2.05) is 66.7 Å². The summed E-state index contributed by atoms with van der Waals surface area (Å²) < 4.78 is 11.8. The highest BCUT2D eigenvalue weighted by molar-refractivity contribution is 9.08. The van der Waals surface area contributed by atoms with E-state index in [0.717, 1.165) is 16.7 Å². The highest BCUT2D eigenvalue weighted by Gasteiger charge is 2.12. The van der Waals surface area contributed by atoms with Gasteiger partial charge in [0.25, 0.3) is 0 Å². The van der Waals surface area contributed by atoms with Gasteiger partial charge in [-0.3, -0.25) is 0 Å². The summed E-state index contributed by atoms with van der Waals surface area (Å²) in [5.41, 5.74) is 2.89. The van der Waals surface area contributed by atoms with Crippen molar-refractivity contribution in [2.45, 2.75) is 18.5 Å². The van der Waals surface area contributed by atoms with Crippen molar-refractivity contribution in [1.82, 2.24) is 0 Å². The molecule has 0 bridgehead atoms. The number of hydrogen-bond donors (Lipinski definition) is 1. The van der Waals surface area contributed by atoms with Crippen LogP contribution < -0.4 is 9.47 Å². The van der Waals surface area contributed by atoms with Crippen LogP contribution >= 0.6 is 15.9 Å². The molecule has 0 amide bonds. The van der Waals surface area contributed by atoms with Crippen molar-refractivity contribution in [1.29, 1.82) is 0 Å². The van der Waals surface area contributed by atoms with Crippen molar-refractivity contribution in [3.05, 3.63) is 89.5 Å². The summed E-state index contributed by atoms with van der Waals surface area (Å²) in [7, 11) is 0. The summed E-state index contributed by atoms with van der Waals surface area (Å²) in [6.07, 6.45) is 0. The van der Waals surface area contributed by atoms with Crippen molar-refractivity contribution < 1.29 is 14.6 Å². The molecule has 128 valence electrons. The highest BCUT2D eigenvalue weighted by Crippen LogP contribution is 2.36. The minimum Gasteiger partial charge on any atom is -0.507 e. The number of halogens is 1. The molecule has 0 aliphatic carbocycles. The van der Waals surface area contributed by atoms with Gasteiger partial charge in [0.15, 0.2) is 11.5 Å². The summed E-state index contributed by atoms with van der Waals surface area (Å²) in [5.74, 6) is 1.33. The van der Waals surface area contributed by atoms with Crippen LogP contribution in [-0.4, -0.2) is 5.11 Å². The third-order valence-corrected chi connectivity index (χ3v) is 4.37. The molecule has 0 heterocycles. The van der Waals surface area contributed by atoms with Gasteiger partial charge >= 0.3 is 0 Å². The predicted molar refractivity (Wildman–Crippen MR) is 102 cm³/mol. The first-order chi connectivity index (χ1) is 12.3. The van der Waals surface area contributed by atoms with Crippen LogP contribution in [0.5, 0.6) is 17.2 Å². The Balaban J connectivity index is 1.78. The van der Waals surface area contributed by atoms with Crippen molar-refractivity contribution in [3.8, 4) is 17.2 Å². The molecule has 25 heavy (non-hydrogen) atoms. The smallest absolute Gasteiger partial charge is 0.165 e. The summed E-state index contributed by atoms with van der Waals surface area (Å²) >= 11 is 3.38. The van der Waals surface area contributed by atoms with Crippen LogP contribution in [0.2, 0.25) is 0 Å². The lowest BCUT2D eigenvalue weighted by Crippen LogP contribution is -2.01. The van der Waals surface area contributed by atoms with Crippen LogP contribution in [0, 0.1) is 0 Å². The fourth-order valence-corrected chi connectivity index (χ4v) is 2.84.